The standard InChI is InChI=1S/C19H19Cl2NO2/c1-12(2-3-13-4-5-16(20)17(21)6-13)22-9-14-7-18-19(24-11-23-18)8-15(14)10-22/h4-8,12H,2-3,9-11H2,1H3. The summed E-state index contributed by atoms with van der Waals surface area (Å²) in [5.41, 5.74) is 3.93. The fourth-order valence-corrected chi connectivity index (χ4v) is 3.70. The Morgan fingerprint density at radius 1 is 1.00 bits per heavy atom. The van der Waals surface area contributed by atoms with Gasteiger partial charge in [0.15, 0.2) is 11.5 Å². The Balaban J connectivity index is 1.39. The van der Waals surface area contributed by atoms with Gasteiger partial charge in [-0.3, -0.25) is 4.90 Å². The molecule has 3 nitrogen and oxygen atoms in total. The first kappa shape index (κ1) is 16.1. The minimum absolute atomic E-state index is 0.335. The van der Waals surface area contributed by atoms with E-state index in [0.717, 1.165) is 37.4 Å². The van der Waals surface area contributed by atoms with Crippen molar-refractivity contribution in [1.82, 2.24) is 4.90 Å². The summed E-state index contributed by atoms with van der Waals surface area (Å²) >= 11 is 12.1. The van der Waals surface area contributed by atoms with Crippen molar-refractivity contribution in [1.29, 1.82) is 0 Å². The Morgan fingerprint density at radius 3 is 2.29 bits per heavy atom. The van der Waals surface area contributed by atoms with Gasteiger partial charge in [-0.25, -0.2) is 0 Å². The first-order chi connectivity index (χ1) is 11.6. The summed E-state index contributed by atoms with van der Waals surface area (Å²) in [6.45, 7) is 4.55. The second-order valence-electron chi connectivity index (χ2n) is 6.52. The first-order valence-electron chi connectivity index (χ1n) is 8.19. The highest BCUT2D eigenvalue weighted by atomic mass is 35.5. The molecule has 0 N–H and O–H groups in total. The molecular formula is C19H19Cl2NO2. The van der Waals surface area contributed by atoms with Gasteiger partial charge < -0.3 is 9.47 Å². The predicted molar refractivity (Wildman–Crippen MR) is 96.1 cm³/mol. The summed E-state index contributed by atoms with van der Waals surface area (Å²) in [5.74, 6) is 1.75. The summed E-state index contributed by atoms with van der Waals surface area (Å²) in [5, 5.41) is 1.24. The largest absolute Gasteiger partial charge is 0.454 e. The van der Waals surface area contributed by atoms with E-state index in [1.807, 2.05) is 12.1 Å². The lowest BCUT2D eigenvalue weighted by atomic mass is 10.1. The van der Waals surface area contributed by atoms with E-state index >= 15 is 0 Å². The molecule has 24 heavy (non-hydrogen) atoms. The average Bonchev–Trinajstić information content (AvgIpc) is 3.18. The molecule has 0 aliphatic carbocycles. The van der Waals surface area contributed by atoms with Crippen LogP contribution in [-0.4, -0.2) is 17.7 Å². The zero-order valence-electron chi connectivity index (χ0n) is 13.5. The van der Waals surface area contributed by atoms with E-state index in [9.17, 15) is 0 Å². The van der Waals surface area contributed by atoms with Crippen LogP contribution in [0, 0.1) is 0 Å². The number of hydrogen-bond acceptors (Lipinski definition) is 3. The third-order valence-electron chi connectivity index (χ3n) is 4.90. The number of aryl methyl sites for hydroxylation is 1. The number of benzene rings is 2. The van der Waals surface area contributed by atoms with Gasteiger partial charge in [-0.15, -0.1) is 0 Å². The van der Waals surface area contributed by atoms with Gasteiger partial charge in [0.1, 0.15) is 0 Å². The van der Waals surface area contributed by atoms with Gasteiger partial charge in [0, 0.05) is 19.1 Å². The lowest BCUT2D eigenvalue weighted by molar-refractivity contribution is 0.173. The minimum atomic E-state index is 0.335. The molecule has 2 heterocycles. The Hall–Kier alpha value is -1.42. The third kappa shape index (κ3) is 3.08. The van der Waals surface area contributed by atoms with Crippen LogP contribution < -0.4 is 9.47 Å². The highest BCUT2D eigenvalue weighted by Gasteiger charge is 2.26. The molecule has 1 atom stereocenters. The van der Waals surface area contributed by atoms with Gasteiger partial charge in [-0.2, -0.15) is 0 Å². The zero-order chi connectivity index (χ0) is 16.7. The highest BCUT2D eigenvalue weighted by molar-refractivity contribution is 6.42. The Labute approximate surface area is 152 Å². The Kier molecular flexibility index (Phi) is 4.33. The minimum Gasteiger partial charge on any atom is -0.454 e. The molecule has 0 aromatic heterocycles. The van der Waals surface area contributed by atoms with Crippen LogP contribution in [0.4, 0.5) is 0 Å². The zero-order valence-corrected chi connectivity index (χ0v) is 15.0. The number of fused-ring (bicyclic) bond motifs is 2. The molecule has 0 fully saturated rings. The van der Waals surface area contributed by atoms with Crippen molar-refractivity contribution in [3.63, 3.8) is 0 Å². The molecule has 2 aromatic rings. The molecule has 0 saturated heterocycles. The molecule has 2 aromatic carbocycles. The molecule has 0 saturated carbocycles. The number of halogens is 2. The molecule has 0 bridgehead atoms. The van der Waals surface area contributed by atoms with Crippen LogP contribution in [0.25, 0.3) is 0 Å². The first-order valence-corrected chi connectivity index (χ1v) is 8.95. The molecule has 1 unspecified atom stereocenters. The SMILES string of the molecule is CC(CCc1ccc(Cl)c(Cl)c1)N1Cc2cc3c(cc2C1)OCO3. The normalized spacial score (nSPS) is 17.1. The molecule has 2 aliphatic rings. The van der Waals surface area contributed by atoms with Crippen LogP contribution in [0.15, 0.2) is 30.3 Å². The molecule has 0 spiro atoms. The maximum atomic E-state index is 6.10. The van der Waals surface area contributed by atoms with Crippen molar-refractivity contribution in [3.05, 3.63) is 57.1 Å². The van der Waals surface area contributed by atoms with E-state index in [1.54, 1.807) is 0 Å². The quantitative estimate of drug-likeness (QED) is 0.757. The average molecular weight is 364 g/mol. The van der Waals surface area contributed by atoms with Gasteiger partial charge in [0.2, 0.25) is 6.79 Å². The van der Waals surface area contributed by atoms with Crippen LogP contribution in [0.5, 0.6) is 11.5 Å². The second-order valence-corrected chi connectivity index (χ2v) is 7.33. The highest BCUT2D eigenvalue weighted by Crippen LogP contribution is 2.38. The van der Waals surface area contributed by atoms with E-state index in [2.05, 4.69) is 30.0 Å². The van der Waals surface area contributed by atoms with Crippen molar-refractivity contribution in [2.45, 2.75) is 38.9 Å². The van der Waals surface area contributed by atoms with Crippen LogP contribution in [-0.2, 0) is 19.5 Å². The van der Waals surface area contributed by atoms with Crippen molar-refractivity contribution >= 4 is 23.2 Å². The summed E-state index contributed by atoms with van der Waals surface area (Å²) in [6.07, 6.45) is 2.08. The van der Waals surface area contributed by atoms with E-state index in [0.29, 0.717) is 22.9 Å². The molecule has 4 rings (SSSR count). The topological polar surface area (TPSA) is 21.7 Å². The van der Waals surface area contributed by atoms with Crippen LogP contribution in [0.2, 0.25) is 10.0 Å². The number of hydrogen-bond donors (Lipinski definition) is 0. The van der Waals surface area contributed by atoms with E-state index in [-0.39, 0.29) is 0 Å². The fraction of sp³-hybridized carbons (Fsp3) is 0.368. The van der Waals surface area contributed by atoms with Crippen LogP contribution in [0.3, 0.4) is 0 Å². The second kappa shape index (κ2) is 6.47. The van der Waals surface area contributed by atoms with Gasteiger partial charge in [0.25, 0.3) is 0 Å². The molecule has 126 valence electrons. The lowest BCUT2D eigenvalue weighted by Crippen LogP contribution is -2.28. The maximum absolute atomic E-state index is 6.10. The van der Waals surface area contributed by atoms with E-state index in [1.165, 1.54) is 16.7 Å². The van der Waals surface area contributed by atoms with Gasteiger partial charge in [-0.05, 0) is 60.7 Å². The Morgan fingerprint density at radius 2 is 1.67 bits per heavy atom. The van der Waals surface area contributed by atoms with Crippen molar-refractivity contribution in [2.75, 3.05) is 6.79 Å². The third-order valence-corrected chi connectivity index (χ3v) is 5.64. The lowest BCUT2D eigenvalue weighted by Gasteiger charge is -2.23. The van der Waals surface area contributed by atoms with E-state index in [4.69, 9.17) is 32.7 Å². The van der Waals surface area contributed by atoms with Gasteiger partial charge in [0.05, 0.1) is 10.0 Å². The summed E-state index contributed by atoms with van der Waals surface area (Å²) < 4.78 is 11.0. The smallest absolute Gasteiger partial charge is 0.231 e. The van der Waals surface area contributed by atoms with Gasteiger partial charge in [-0.1, -0.05) is 29.3 Å². The van der Waals surface area contributed by atoms with Crippen LogP contribution >= 0.6 is 23.2 Å². The number of ether oxygens (including phenoxy) is 2. The molecular weight excluding hydrogens is 345 g/mol. The maximum Gasteiger partial charge on any atom is 0.231 e. The number of rotatable bonds is 4. The fourth-order valence-electron chi connectivity index (χ4n) is 3.38. The summed E-state index contributed by atoms with van der Waals surface area (Å²) in [6, 6.07) is 10.6. The number of nitrogens with zero attached hydrogens (tertiary/aromatic N) is 1. The van der Waals surface area contributed by atoms with Gasteiger partial charge >= 0.3 is 0 Å². The summed E-state index contributed by atoms with van der Waals surface area (Å²) in [7, 11) is 0. The predicted octanol–water partition coefficient (Wildman–Crippen LogP) is 5.06. The van der Waals surface area contributed by atoms with E-state index < -0.39 is 0 Å². The molecule has 2 aliphatic heterocycles. The van der Waals surface area contributed by atoms with Crippen molar-refractivity contribution in [2.24, 2.45) is 0 Å². The monoisotopic (exact) mass is 363 g/mol. The van der Waals surface area contributed by atoms with Crippen molar-refractivity contribution in [3.8, 4) is 11.5 Å². The molecule has 0 radical (unpaired) electrons. The molecule has 0 amide bonds. The summed E-state index contributed by atoms with van der Waals surface area (Å²) in [4.78, 5) is 2.50. The molecule has 5 heteroatoms. The Bertz CT molecular complexity index is 745. The van der Waals surface area contributed by atoms with Crippen LogP contribution in [0.1, 0.15) is 30.0 Å². The van der Waals surface area contributed by atoms with Crippen molar-refractivity contribution < 1.29 is 9.47 Å².